The number of amides is 2. The van der Waals surface area contributed by atoms with E-state index in [9.17, 15) is 9.59 Å². The van der Waals surface area contributed by atoms with Gasteiger partial charge in [0.05, 0.1) is 19.8 Å². The smallest absolute Gasteiger partial charge is 0.309 e. The SMILES string of the molecule is CN(C)c1ccc([C@H](CNC(=O)C(=O)NC(C)(C)C)[NH+]2CCOCC2)cc1. The number of quaternary nitrogens is 1. The standard InChI is InChI=1S/C20H32N4O3/c1-20(2,3)22-19(26)18(25)21-14-17(24-10-12-27-13-11-24)15-6-8-16(9-7-15)23(4)5/h6-9,17H,10-14H2,1-5H3,(H,21,25)(H,22,26)/p+1/t17-/m0/s1. The second-order valence-corrected chi connectivity index (χ2v) is 8.22. The van der Waals surface area contributed by atoms with Gasteiger partial charge in [0.25, 0.3) is 0 Å². The lowest BCUT2D eigenvalue weighted by Crippen LogP contribution is -3.15. The Hall–Kier alpha value is -2.12. The van der Waals surface area contributed by atoms with E-state index in [-0.39, 0.29) is 6.04 Å². The highest BCUT2D eigenvalue weighted by Gasteiger charge is 2.28. The maximum Gasteiger partial charge on any atom is 0.309 e. The van der Waals surface area contributed by atoms with E-state index in [4.69, 9.17) is 4.74 Å². The van der Waals surface area contributed by atoms with Gasteiger partial charge in [0.1, 0.15) is 19.1 Å². The molecule has 27 heavy (non-hydrogen) atoms. The molecule has 1 aliphatic rings. The molecule has 1 aromatic carbocycles. The van der Waals surface area contributed by atoms with E-state index in [0.717, 1.165) is 24.3 Å². The molecule has 3 N–H and O–H groups in total. The van der Waals surface area contributed by atoms with Gasteiger partial charge in [-0.2, -0.15) is 0 Å². The molecule has 0 bridgehead atoms. The molecule has 0 spiro atoms. The summed E-state index contributed by atoms with van der Waals surface area (Å²) in [6, 6.07) is 8.44. The molecule has 1 aliphatic heterocycles. The molecule has 0 unspecified atom stereocenters. The quantitative estimate of drug-likeness (QED) is 0.618. The number of anilines is 1. The van der Waals surface area contributed by atoms with Crippen molar-refractivity contribution >= 4 is 17.5 Å². The molecule has 7 heteroatoms. The summed E-state index contributed by atoms with van der Waals surface area (Å²) in [7, 11) is 4.02. The van der Waals surface area contributed by atoms with E-state index < -0.39 is 17.4 Å². The monoisotopic (exact) mass is 377 g/mol. The van der Waals surface area contributed by atoms with Crippen molar-refractivity contribution in [2.75, 3.05) is 51.8 Å². The molecule has 1 fully saturated rings. The Bertz CT molecular complexity index is 632. The number of ether oxygens (including phenoxy) is 1. The summed E-state index contributed by atoms with van der Waals surface area (Å²) in [5.41, 5.74) is 1.84. The van der Waals surface area contributed by atoms with Crippen molar-refractivity contribution in [3.05, 3.63) is 29.8 Å². The van der Waals surface area contributed by atoms with Gasteiger partial charge in [-0.05, 0) is 32.9 Å². The lowest BCUT2D eigenvalue weighted by molar-refractivity contribution is -0.937. The highest BCUT2D eigenvalue weighted by molar-refractivity contribution is 6.35. The maximum atomic E-state index is 12.2. The van der Waals surface area contributed by atoms with Crippen molar-refractivity contribution in [1.82, 2.24) is 10.6 Å². The summed E-state index contributed by atoms with van der Waals surface area (Å²) in [4.78, 5) is 27.7. The Morgan fingerprint density at radius 1 is 1.11 bits per heavy atom. The van der Waals surface area contributed by atoms with E-state index in [1.54, 1.807) is 0 Å². The number of carbonyl (C=O) groups is 2. The van der Waals surface area contributed by atoms with Crippen LogP contribution in [0, 0.1) is 0 Å². The predicted molar refractivity (Wildman–Crippen MR) is 106 cm³/mol. The van der Waals surface area contributed by atoms with Crippen LogP contribution >= 0.6 is 0 Å². The number of nitrogens with one attached hydrogen (secondary N) is 3. The van der Waals surface area contributed by atoms with Crippen LogP contribution in [-0.2, 0) is 14.3 Å². The van der Waals surface area contributed by atoms with Gasteiger partial charge in [-0.3, -0.25) is 9.59 Å². The minimum Gasteiger partial charge on any atom is -0.378 e. The maximum absolute atomic E-state index is 12.2. The van der Waals surface area contributed by atoms with Crippen molar-refractivity contribution in [1.29, 1.82) is 0 Å². The van der Waals surface area contributed by atoms with Gasteiger partial charge in [-0.1, -0.05) is 12.1 Å². The fourth-order valence-corrected chi connectivity index (χ4v) is 3.16. The highest BCUT2D eigenvalue weighted by Crippen LogP contribution is 2.16. The minimum atomic E-state index is -0.596. The molecule has 1 heterocycles. The fourth-order valence-electron chi connectivity index (χ4n) is 3.16. The molecule has 2 amide bonds. The Balaban J connectivity index is 2.08. The molecule has 0 aliphatic carbocycles. The molecule has 2 rings (SSSR count). The summed E-state index contributed by atoms with van der Waals surface area (Å²) >= 11 is 0. The van der Waals surface area contributed by atoms with Crippen molar-refractivity contribution in [2.24, 2.45) is 0 Å². The van der Waals surface area contributed by atoms with Crippen LogP contribution in [0.5, 0.6) is 0 Å². The van der Waals surface area contributed by atoms with Crippen LogP contribution < -0.4 is 20.4 Å². The average molecular weight is 378 g/mol. The zero-order valence-electron chi connectivity index (χ0n) is 17.1. The lowest BCUT2D eigenvalue weighted by atomic mass is 10.0. The number of carbonyl (C=O) groups excluding carboxylic acids is 2. The third-order valence-electron chi connectivity index (χ3n) is 4.60. The molecule has 1 saturated heterocycles. The van der Waals surface area contributed by atoms with Crippen LogP contribution in [0.1, 0.15) is 32.4 Å². The Morgan fingerprint density at radius 2 is 1.70 bits per heavy atom. The molecule has 1 atom stereocenters. The van der Waals surface area contributed by atoms with Crippen molar-refractivity contribution in [3.8, 4) is 0 Å². The second-order valence-electron chi connectivity index (χ2n) is 8.22. The molecular weight excluding hydrogens is 344 g/mol. The van der Waals surface area contributed by atoms with Gasteiger partial charge in [0, 0.05) is 30.9 Å². The third kappa shape index (κ3) is 6.52. The van der Waals surface area contributed by atoms with Gasteiger partial charge in [0.15, 0.2) is 0 Å². The first kappa shape index (κ1) is 21.2. The van der Waals surface area contributed by atoms with Gasteiger partial charge in [0.2, 0.25) is 0 Å². The second kappa shape index (κ2) is 9.19. The molecular formula is C20H33N4O3+. The molecule has 1 aromatic rings. The minimum absolute atomic E-state index is 0.0801. The normalized spacial score (nSPS) is 16.5. The zero-order valence-corrected chi connectivity index (χ0v) is 17.1. The van der Waals surface area contributed by atoms with E-state index in [0.29, 0.717) is 19.8 Å². The van der Waals surface area contributed by atoms with Crippen LogP contribution in [0.3, 0.4) is 0 Å². The Labute approximate surface area is 162 Å². The summed E-state index contributed by atoms with van der Waals surface area (Å²) in [5.74, 6) is -1.19. The van der Waals surface area contributed by atoms with Gasteiger partial charge in [-0.25, -0.2) is 0 Å². The summed E-state index contributed by atoms with van der Waals surface area (Å²) < 4.78 is 5.48. The molecule has 150 valence electrons. The molecule has 0 radical (unpaired) electrons. The van der Waals surface area contributed by atoms with Crippen LogP contribution in [-0.4, -0.2) is 64.3 Å². The van der Waals surface area contributed by atoms with Crippen LogP contribution in [0.2, 0.25) is 0 Å². The number of hydrogen-bond acceptors (Lipinski definition) is 4. The first-order chi connectivity index (χ1) is 12.7. The van der Waals surface area contributed by atoms with Crippen LogP contribution in [0.25, 0.3) is 0 Å². The summed E-state index contributed by atoms with van der Waals surface area (Å²) in [5, 5.41) is 5.51. The van der Waals surface area contributed by atoms with Crippen molar-refractivity contribution in [3.63, 3.8) is 0 Å². The lowest BCUT2D eigenvalue weighted by Gasteiger charge is -2.32. The summed E-state index contributed by atoms with van der Waals surface area (Å²) in [6.07, 6.45) is 0. The summed E-state index contributed by atoms with van der Waals surface area (Å²) in [6.45, 7) is 9.14. The molecule has 0 aromatic heterocycles. The predicted octanol–water partition coefficient (Wildman–Crippen LogP) is -0.260. The topological polar surface area (TPSA) is 75.1 Å². The number of rotatable bonds is 5. The van der Waals surface area contributed by atoms with Crippen molar-refractivity contribution in [2.45, 2.75) is 32.4 Å². The van der Waals surface area contributed by atoms with E-state index in [1.807, 2.05) is 34.9 Å². The molecule has 7 nitrogen and oxygen atoms in total. The third-order valence-corrected chi connectivity index (χ3v) is 4.60. The van der Waals surface area contributed by atoms with Crippen LogP contribution in [0.15, 0.2) is 24.3 Å². The molecule has 0 saturated carbocycles. The Morgan fingerprint density at radius 3 is 2.22 bits per heavy atom. The van der Waals surface area contributed by atoms with Crippen molar-refractivity contribution < 1.29 is 19.2 Å². The Kier molecular flexibility index (Phi) is 7.21. The highest BCUT2D eigenvalue weighted by atomic mass is 16.5. The van der Waals surface area contributed by atoms with Gasteiger partial charge < -0.3 is 25.2 Å². The van der Waals surface area contributed by atoms with E-state index >= 15 is 0 Å². The van der Waals surface area contributed by atoms with E-state index in [2.05, 4.69) is 39.8 Å². The number of hydrogen-bond donors (Lipinski definition) is 3. The van der Waals surface area contributed by atoms with Gasteiger partial charge >= 0.3 is 11.8 Å². The number of morpholine rings is 1. The number of nitrogens with zero attached hydrogens (tertiary/aromatic N) is 1. The van der Waals surface area contributed by atoms with E-state index in [1.165, 1.54) is 4.90 Å². The largest absolute Gasteiger partial charge is 0.378 e. The zero-order chi connectivity index (χ0) is 20.0. The first-order valence-corrected chi connectivity index (χ1v) is 9.47. The van der Waals surface area contributed by atoms with Gasteiger partial charge in [-0.15, -0.1) is 0 Å². The first-order valence-electron chi connectivity index (χ1n) is 9.47. The number of benzene rings is 1. The van der Waals surface area contributed by atoms with Crippen LogP contribution in [0.4, 0.5) is 5.69 Å². The average Bonchev–Trinajstić information content (AvgIpc) is 2.61. The fraction of sp³-hybridized carbons (Fsp3) is 0.600.